The third kappa shape index (κ3) is 4.22. The van der Waals surface area contributed by atoms with Gasteiger partial charge in [-0.05, 0) is 40.5 Å². The van der Waals surface area contributed by atoms with Gasteiger partial charge in [-0.25, -0.2) is 9.18 Å². The number of hydrogen-bond donors (Lipinski definition) is 2. The molecule has 0 saturated heterocycles. The van der Waals surface area contributed by atoms with Crippen LogP contribution in [0.5, 0.6) is 11.5 Å². The Kier molecular flexibility index (Phi) is 7.85. The Morgan fingerprint density at radius 2 is 2.15 bits per heavy atom. The summed E-state index contributed by atoms with van der Waals surface area (Å²) in [5.74, 6) is -1.00. The monoisotopic (exact) mass is 371 g/mol. The highest BCUT2D eigenvalue weighted by Gasteiger charge is 2.29. The van der Waals surface area contributed by atoms with Crippen LogP contribution in [-0.2, 0) is 9.53 Å². The molecule has 1 aromatic rings. The summed E-state index contributed by atoms with van der Waals surface area (Å²) in [5, 5.41) is 9.64. The molecule has 0 spiro atoms. The number of esters is 1. The van der Waals surface area contributed by atoms with Crippen molar-refractivity contribution >= 4 is 34.3 Å². The fourth-order valence-electron chi connectivity index (χ4n) is 1.48. The molecule has 0 aliphatic rings. The molecule has 0 amide bonds. The Bertz CT molecular complexity index is 475. The number of ether oxygens (including phenoxy) is 2. The zero-order valence-corrected chi connectivity index (χ0v) is 13.3. The number of hydrogen-bond acceptors (Lipinski definition) is 5. The van der Waals surface area contributed by atoms with Gasteiger partial charge in [0.2, 0.25) is 6.17 Å². The van der Waals surface area contributed by atoms with E-state index in [1.54, 1.807) is 6.92 Å². The first-order valence-corrected chi connectivity index (χ1v) is 6.34. The number of methoxy groups -OCH3 is 1. The van der Waals surface area contributed by atoms with E-state index in [2.05, 4.69) is 20.7 Å². The molecule has 0 saturated carbocycles. The van der Waals surface area contributed by atoms with E-state index >= 15 is 0 Å². The number of phenols is 1. The number of carbonyl (C=O) groups excluding carboxylic acids is 1. The molecule has 0 aliphatic carbocycles. The molecule has 114 valence electrons. The maximum absolute atomic E-state index is 13.8. The number of benzene rings is 1. The average molecular weight is 373 g/mol. The van der Waals surface area contributed by atoms with E-state index in [0.29, 0.717) is 10.0 Å². The third-order valence-electron chi connectivity index (χ3n) is 2.48. The summed E-state index contributed by atoms with van der Waals surface area (Å²) in [7, 11) is 1.36. The maximum Gasteiger partial charge on any atom is 0.342 e. The Morgan fingerprint density at radius 1 is 1.55 bits per heavy atom. The van der Waals surface area contributed by atoms with Crippen molar-refractivity contribution in [2.75, 3.05) is 13.7 Å². The zero-order valence-electron chi connectivity index (χ0n) is 10.9. The van der Waals surface area contributed by atoms with E-state index < -0.39 is 18.2 Å². The molecule has 1 rings (SSSR count). The normalized spacial score (nSPS) is 13.1. The minimum atomic E-state index is -1.99. The summed E-state index contributed by atoms with van der Waals surface area (Å²) in [6.07, 6.45) is -1.99. The summed E-state index contributed by atoms with van der Waals surface area (Å²) < 4.78 is 23.6. The molecule has 2 atom stereocenters. The van der Waals surface area contributed by atoms with Crippen molar-refractivity contribution in [3.8, 4) is 11.5 Å². The summed E-state index contributed by atoms with van der Waals surface area (Å²) >= 11 is 3.10. The largest absolute Gasteiger partial charge is 0.503 e. The minimum absolute atomic E-state index is 0. The number of carbonyl (C=O) groups is 1. The molecule has 0 aliphatic heterocycles. The van der Waals surface area contributed by atoms with Gasteiger partial charge in [-0.15, -0.1) is 12.4 Å². The van der Waals surface area contributed by atoms with Crippen LogP contribution in [0, 0.1) is 0 Å². The highest BCUT2D eigenvalue weighted by molar-refractivity contribution is 9.10. The average Bonchev–Trinajstić information content (AvgIpc) is 2.40. The molecule has 0 fully saturated rings. The Balaban J connectivity index is 0.00000361. The lowest BCUT2D eigenvalue weighted by atomic mass is 10.0. The number of halogens is 3. The van der Waals surface area contributed by atoms with Crippen LogP contribution in [0.1, 0.15) is 18.5 Å². The van der Waals surface area contributed by atoms with Crippen LogP contribution in [0.2, 0.25) is 0 Å². The van der Waals surface area contributed by atoms with Crippen LogP contribution in [0.25, 0.3) is 0 Å². The smallest absolute Gasteiger partial charge is 0.342 e. The Labute approximate surface area is 130 Å². The van der Waals surface area contributed by atoms with Gasteiger partial charge < -0.3 is 20.3 Å². The summed E-state index contributed by atoms with van der Waals surface area (Å²) in [6, 6.07) is 1.59. The maximum atomic E-state index is 13.8. The molecule has 0 heterocycles. The Morgan fingerprint density at radius 3 is 2.65 bits per heavy atom. The molecule has 0 bridgehead atoms. The number of alkyl halides is 1. The van der Waals surface area contributed by atoms with Gasteiger partial charge >= 0.3 is 5.97 Å². The van der Waals surface area contributed by atoms with Gasteiger partial charge in [-0.3, -0.25) is 0 Å². The second-order valence-corrected chi connectivity index (χ2v) is 4.59. The molecule has 0 radical (unpaired) electrons. The van der Waals surface area contributed by atoms with Crippen molar-refractivity contribution in [2.45, 2.75) is 19.1 Å². The molecule has 5 nitrogen and oxygen atoms in total. The third-order valence-corrected chi connectivity index (χ3v) is 3.09. The lowest BCUT2D eigenvalue weighted by molar-refractivity contribution is -0.149. The van der Waals surface area contributed by atoms with Crippen molar-refractivity contribution in [1.29, 1.82) is 0 Å². The highest BCUT2D eigenvalue weighted by atomic mass is 79.9. The fourth-order valence-corrected chi connectivity index (χ4v) is 1.94. The highest BCUT2D eigenvalue weighted by Crippen LogP contribution is 2.37. The summed E-state index contributed by atoms with van der Waals surface area (Å²) in [4.78, 5) is 11.3. The molecular weight excluding hydrogens is 356 g/mol. The van der Waals surface area contributed by atoms with Crippen LogP contribution >= 0.6 is 28.3 Å². The molecule has 1 unspecified atom stereocenters. The lowest BCUT2D eigenvalue weighted by Crippen LogP contribution is -2.31. The van der Waals surface area contributed by atoms with Crippen LogP contribution in [0.4, 0.5) is 4.39 Å². The SMILES string of the molecule is CCOC(=O)C(F)[C@@H](N)c1cc(Br)c(O)c(OC)c1.Cl. The molecular formula is C12H16BrClFNO4. The van der Waals surface area contributed by atoms with Gasteiger partial charge in [0.25, 0.3) is 0 Å². The number of rotatable bonds is 5. The standard InChI is InChI=1S/C12H15BrFNO4.ClH/c1-3-19-12(17)9(14)10(15)6-4-7(13)11(16)8(5-6)18-2;/h4-5,9-10,16H,3,15H2,1-2H3;1H/t9?,10-;/m0./s1. The number of nitrogens with two attached hydrogens (primary N) is 1. The van der Waals surface area contributed by atoms with E-state index in [4.69, 9.17) is 10.5 Å². The second kappa shape index (κ2) is 8.28. The topological polar surface area (TPSA) is 81.8 Å². The van der Waals surface area contributed by atoms with E-state index in [1.165, 1.54) is 19.2 Å². The minimum Gasteiger partial charge on any atom is -0.503 e. The van der Waals surface area contributed by atoms with Gasteiger partial charge in [0.15, 0.2) is 11.5 Å². The van der Waals surface area contributed by atoms with Gasteiger partial charge in [0.05, 0.1) is 24.2 Å². The van der Waals surface area contributed by atoms with Crippen LogP contribution in [-0.4, -0.2) is 31.0 Å². The first-order valence-electron chi connectivity index (χ1n) is 5.55. The fraction of sp³-hybridized carbons (Fsp3) is 0.417. The number of aromatic hydroxyl groups is 1. The molecule has 0 aromatic heterocycles. The molecule has 20 heavy (non-hydrogen) atoms. The zero-order chi connectivity index (χ0) is 14.6. The van der Waals surface area contributed by atoms with Crippen molar-refractivity contribution in [2.24, 2.45) is 5.73 Å². The van der Waals surface area contributed by atoms with Gasteiger partial charge in [-0.2, -0.15) is 0 Å². The van der Waals surface area contributed by atoms with Crippen LogP contribution < -0.4 is 10.5 Å². The molecule has 3 N–H and O–H groups in total. The van der Waals surface area contributed by atoms with Gasteiger partial charge in [-0.1, -0.05) is 0 Å². The lowest BCUT2D eigenvalue weighted by Gasteiger charge is -2.17. The second-order valence-electron chi connectivity index (χ2n) is 3.73. The van der Waals surface area contributed by atoms with Crippen molar-refractivity contribution in [3.05, 3.63) is 22.2 Å². The molecule has 8 heteroatoms. The van der Waals surface area contributed by atoms with Crippen molar-refractivity contribution < 1.29 is 23.8 Å². The number of phenolic OH excluding ortho intramolecular Hbond substituents is 1. The quantitative estimate of drug-likeness (QED) is 0.776. The molecule has 1 aromatic carbocycles. The first-order chi connectivity index (χ1) is 8.92. The predicted molar refractivity (Wildman–Crippen MR) is 78.1 cm³/mol. The first kappa shape index (κ1) is 18.9. The summed E-state index contributed by atoms with van der Waals surface area (Å²) in [6.45, 7) is 1.66. The van der Waals surface area contributed by atoms with Crippen molar-refractivity contribution in [3.63, 3.8) is 0 Å². The van der Waals surface area contributed by atoms with E-state index in [1.807, 2.05) is 0 Å². The van der Waals surface area contributed by atoms with E-state index in [0.717, 1.165) is 0 Å². The Hall–Kier alpha value is -1.05. The van der Waals surface area contributed by atoms with E-state index in [9.17, 15) is 14.3 Å². The van der Waals surface area contributed by atoms with E-state index in [-0.39, 0.29) is 30.5 Å². The predicted octanol–water partition coefficient (Wildman–Crippen LogP) is 2.49. The van der Waals surface area contributed by atoms with Crippen LogP contribution in [0.15, 0.2) is 16.6 Å². The summed E-state index contributed by atoms with van der Waals surface area (Å²) in [5.41, 5.74) is 5.99. The van der Waals surface area contributed by atoms with Crippen molar-refractivity contribution in [1.82, 2.24) is 0 Å². The van der Waals surface area contributed by atoms with Crippen LogP contribution in [0.3, 0.4) is 0 Å². The van der Waals surface area contributed by atoms with Gasteiger partial charge in [0, 0.05) is 0 Å². The van der Waals surface area contributed by atoms with Gasteiger partial charge in [0.1, 0.15) is 0 Å².